The highest BCUT2D eigenvalue weighted by Crippen LogP contribution is 2.41. The number of rotatable bonds is 14. The molecule has 44 heavy (non-hydrogen) atoms. The monoisotopic (exact) mass is 613 g/mol. The number of H-pyrrole nitrogens is 2. The van der Waals surface area contributed by atoms with E-state index in [2.05, 4.69) is 135 Å². The summed E-state index contributed by atoms with van der Waals surface area (Å²) in [6, 6.07) is 0. The number of imidazole rings is 2. The van der Waals surface area contributed by atoms with Crippen LogP contribution in [0.1, 0.15) is 223 Å². The maximum Gasteiger partial charge on any atom is 0.112 e. The topological polar surface area (TPSA) is 57.4 Å². The van der Waals surface area contributed by atoms with Gasteiger partial charge in [0.2, 0.25) is 0 Å². The van der Waals surface area contributed by atoms with E-state index in [0.29, 0.717) is 0 Å². The zero-order chi connectivity index (χ0) is 34.4. The summed E-state index contributed by atoms with van der Waals surface area (Å²) in [5.74, 6) is 2.35. The Morgan fingerprint density at radius 3 is 0.932 bits per heavy atom. The Balaban J connectivity index is 0.000000440. The number of hydrogen-bond acceptors (Lipinski definition) is 2. The van der Waals surface area contributed by atoms with E-state index in [4.69, 9.17) is 9.97 Å². The van der Waals surface area contributed by atoms with E-state index in [1.54, 1.807) is 0 Å². The summed E-state index contributed by atoms with van der Waals surface area (Å²) in [4.78, 5) is 17.8. The first-order valence-electron chi connectivity index (χ1n) is 18.3. The zero-order valence-electron chi connectivity index (χ0n) is 33.0. The third-order valence-electron chi connectivity index (χ3n) is 10.7. The van der Waals surface area contributed by atoms with E-state index < -0.39 is 0 Å². The quantitative estimate of drug-likeness (QED) is 0.223. The third-order valence-corrected chi connectivity index (χ3v) is 10.7. The molecule has 0 spiro atoms. The fourth-order valence-electron chi connectivity index (χ4n) is 6.03. The summed E-state index contributed by atoms with van der Waals surface area (Å²) >= 11 is 0. The first-order valence-corrected chi connectivity index (χ1v) is 18.3. The van der Waals surface area contributed by atoms with Gasteiger partial charge < -0.3 is 9.97 Å². The molecule has 0 saturated carbocycles. The van der Waals surface area contributed by atoms with E-state index in [9.17, 15) is 0 Å². The highest BCUT2D eigenvalue weighted by Gasteiger charge is 2.37. The predicted octanol–water partition coefficient (Wildman–Crippen LogP) is 12.5. The summed E-state index contributed by atoms with van der Waals surface area (Å²) in [5.41, 5.74) is 6.04. The van der Waals surface area contributed by atoms with Gasteiger partial charge >= 0.3 is 0 Å². The largest absolute Gasteiger partial charge is 0.345 e. The molecule has 2 aromatic rings. The molecule has 0 aliphatic heterocycles. The molecule has 0 saturated heterocycles. The van der Waals surface area contributed by atoms with Crippen LogP contribution in [-0.2, 0) is 32.5 Å². The summed E-state index contributed by atoms with van der Waals surface area (Å²) in [6.45, 7) is 41.4. The van der Waals surface area contributed by atoms with Crippen LogP contribution in [-0.4, -0.2) is 19.9 Å². The molecule has 0 bridgehead atoms. The molecule has 4 nitrogen and oxygen atoms in total. The maximum atomic E-state index is 5.11. The van der Waals surface area contributed by atoms with Crippen molar-refractivity contribution < 1.29 is 0 Å². The summed E-state index contributed by atoms with van der Waals surface area (Å²) in [7, 11) is 0. The number of unbranched alkanes of at least 4 members (excludes halogenated alkanes) is 2. The van der Waals surface area contributed by atoms with Crippen molar-refractivity contribution in [3.63, 3.8) is 0 Å². The molecule has 0 radical (unpaired) electrons. The minimum absolute atomic E-state index is 0.0799. The van der Waals surface area contributed by atoms with Crippen molar-refractivity contribution in [3.05, 3.63) is 34.4 Å². The van der Waals surface area contributed by atoms with Gasteiger partial charge in [-0.25, -0.2) is 9.97 Å². The molecule has 0 amide bonds. The lowest BCUT2D eigenvalue weighted by Gasteiger charge is -2.30. The van der Waals surface area contributed by atoms with E-state index >= 15 is 0 Å². The van der Waals surface area contributed by atoms with E-state index in [1.165, 1.54) is 72.9 Å². The van der Waals surface area contributed by atoms with Crippen LogP contribution in [0, 0.1) is 0 Å². The second kappa shape index (κ2) is 15.3. The van der Waals surface area contributed by atoms with Gasteiger partial charge in [0, 0.05) is 43.9 Å². The van der Waals surface area contributed by atoms with E-state index in [-0.39, 0.29) is 32.5 Å². The molecule has 2 heterocycles. The fraction of sp³-hybridized carbons (Fsp3) is 0.850. The minimum Gasteiger partial charge on any atom is -0.345 e. The standard InChI is InChI=1S/2C20H38N2/c2*1-10-13-14-19(7,8)17-21-15(18(4,5)6)16(22-17)20(9,11-2)12-3/h2*10-14H2,1-9H3,(H,21,22). The van der Waals surface area contributed by atoms with Gasteiger partial charge in [0.05, 0.1) is 11.4 Å². The van der Waals surface area contributed by atoms with Crippen LogP contribution in [0.25, 0.3) is 0 Å². The summed E-state index contributed by atoms with van der Waals surface area (Å²) in [5, 5.41) is 0. The predicted molar refractivity (Wildman–Crippen MR) is 196 cm³/mol. The van der Waals surface area contributed by atoms with Crippen LogP contribution in [0.4, 0.5) is 0 Å². The highest BCUT2D eigenvalue weighted by atomic mass is 15.0. The minimum atomic E-state index is 0.0799. The van der Waals surface area contributed by atoms with Crippen molar-refractivity contribution in [3.8, 4) is 0 Å². The van der Waals surface area contributed by atoms with Gasteiger partial charge in [0.25, 0.3) is 0 Å². The Morgan fingerprint density at radius 2 is 0.727 bits per heavy atom. The molecule has 2 N–H and O–H groups in total. The normalized spacial score (nSPS) is 13.7. The molecule has 2 aromatic heterocycles. The van der Waals surface area contributed by atoms with Crippen molar-refractivity contribution >= 4 is 0 Å². The maximum absolute atomic E-state index is 5.11. The summed E-state index contributed by atoms with van der Waals surface area (Å²) in [6.07, 6.45) is 11.9. The van der Waals surface area contributed by atoms with Crippen LogP contribution in [0.3, 0.4) is 0 Å². The number of aromatic nitrogens is 4. The fourth-order valence-corrected chi connectivity index (χ4v) is 6.03. The first kappa shape index (κ1) is 40.4. The molecule has 2 rings (SSSR count). The SMILES string of the molecule is CCCCC(C)(C)c1nc(C(C)(C)C)c(C(C)(CC)CC)[nH]1.CCCCC(C)(C)c1nc(C(C)(C)C)c(C(C)(CC)CC)[nH]1. The van der Waals surface area contributed by atoms with Crippen LogP contribution in [0.15, 0.2) is 0 Å². The van der Waals surface area contributed by atoms with Gasteiger partial charge in [-0.2, -0.15) is 0 Å². The third kappa shape index (κ3) is 9.71. The van der Waals surface area contributed by atoms with Crippen molar-refractivity contribution in [1.82, 2.24) is 19.9 Å². The molecular weight excluding hydrogens is 536 g/mol. The Bertz CT molecular complexity index is 1030. The smallest absolute Gasteiger partial charge is 0.112 e. The number of nitrogens with zero attached hydrogens (tertiary/aromatic N) is 2. The molecule has 4 heteroatoms. The van der Waals surface area contributed by atoms with Gasteiger partial charge in [0.1, 0.15) is 11.6 Å². The van der Waals surface area contributed by atoms with E-state index in [1.807, 2.05) is 0 Å². The van der Waals surface area contributed by atoms with Crippen molar-refractivity contribution in [2.45, 2.75) is 221 Å². The number of hydrogen-bond donors (Lipinski definition) is 2. The summed E-state index contributed by atoms with van der Waals surface area (Å²) < 4.78 is 0. The second-order valence-electron chi connectivity index (χ2n) is 17.6. The Kier molecular flexibility index (Phi) is 14.1. The van der Waals surface area contributed by atoms with Gasteiger partial charge in [-0.3, -0.25) is 0 Å². The molecule has 256 valence electrons. The average Bonchev–Trinajstić information content (AvgIpc) is 3.62. The Morgan fingerprint density at radius 1 is 0.455 bits per heavy atom. The molecule has 0 aliphatic carbocycles. The molecule has 0 atom stereocenters. The Hall–Kier alpha value is -1.58. The van der Waals surface area contributed by atoms with Gasteiger partial charge in [0.15, 0.2) is 0 Å². The van der Waals surface area contributed by atoms with Crippen molar-refractivity contribution in [2.75, 3.05) is 0 Å². The lowest BCUT2D eigenvalue weighted by atomic mass is 9.76. The van der Waals surface area contributed by atoms with Gasteiger partial charge in [-0.1, -0.05) is 150 Å². The molecule has 0 unspecified atom stereocenters. The van der Waals surface area contributed by atoms with Crippen LogP contribution in [0.5, 0.6) is 0 Å². The molecule has 0 aromatic carbocycles. The Labute approximate surface area is 275 Å². The number of aromatic amines is 2. The van der Waals surface area contributed by atoms with Gasteiger partial charge in [-0.15, -0.1) is 0 Å². The van der Waals surface area contributed by atoms with Crippen molar-refractivity contribution in [2.24, 2.45) is 0 Å². The molecular formula is C40H76N4. The highest BCUT2D eigenvalue weighted by molar-refractivity contribution is 5.32. The van der Waals surface area contributed by atoms with E-state index in [0.717, 1.165) is 25.7 Å². The molecule has 0 fully saturated rings. The first-order chi connectivity index (χ1) is 20.0. The van der Waals surface area contributed by atoms with Gasteiger partial charge in [-0.05, 0) is 38.5 Å². The zero-order valence-corrected chi connectivity index (χ0v) is 33.0. The second-order valence-corrected chi connectivity index (χ2v) is 17.6. The van der Waals surface area contributed by atoms with Crippen LogP contribution < -0.4 is 0 Å². The van der Waals surface area contributed by atoms with Crippen LogP contribution >= 0.6 is 0 Å². The lowest BCUT2D eigenvalue weighted by molar-refractivity contribution is 0.407. The van der Waals surface area contributed by atoms with Crippen LogP contribution in [0.2, 0.25) is 0 Å². The number of nitrogens with one attached hydrogen (secondary N) is 2. The average molecular weight is 613 g/mol. The van der Waals surface area contributed by atoms with Crippen molar-refractivity contribution in [1.29, 1.82) is 0 Å². The molecule has 0 aliphatic rings. The lowest BCUT2D eigenvalue weighted by Crippen LogP contribution is -2.26.